The first-order chi connectivity index (χ1) is 5.74. The van der Waals surface area contributed by atoms with Crippen molar-refractivity contribution in [2.24, 2.45) is 11.8 Å². The van der Waals surface area contributed by atoms with E-state index in [2.05, 4.69) is 13.8 Å². The van der Waals surface area contributed by atoms with Crippen LogP contribution >= 0.6 is 0 Å². The molecule has 0 aromatic heterocycles. The van der Waals surface area contributed by atoms with E-state index in [0.29, 0.717) is 11.7 Å². The van der Waals surface area contributed by atoms with Gasteiger partial charge in [-0.3, -0.25) is 4.79 Å². The van der Waals surface area contributed by atoms with Crippen LogP contribution in [0.2, 0.25) is 0 Å². The third-order valence-electron chi connectivity index (χ3n) is 2.89. The molecule has 0 radical (unpaired) electrons. The van der Waals surface area contributed by atoms with Crippen molar-refractivity contribution in [1.82, 2.24) is 0 Å². The van der Waals surface area contributed by atoms with Crippen LogP contribution in [0, 0.1) is 11.8 Å². The Balaban J connectivity index is 2.35. The molecule has 0 unspecified atom stereocenters. The average molecular weight is 168 g/mol. The molecule has 1 nitrogen and oxygen atoms in total. The smallest absolute Gasteiger partial charge is 0.135 e. The van der Waals surface area contributed by atoms with Crippen LogP contribution in [0.25, 0.3) is 0 Å². The van der Waals surface area contributed by atoms with E-state index in [0.717, 1.165) is 31.6 Å². The SMILES string of the molecule is CCCC(=O)[C@H]1CCC[C@H](C)C1. The molecule has 0 aromatic carbocycles. The molecule has 0 aliphatic heterocycles. The van der Waals surface area contributed by atoms with Crippen LogP contribution in [0.1, 0.15) is 52.4 Å². The minimum Gasteiger partial charge on any atom is -0.299 e. The van der Waals surface area contributed by atoms with E-state index in [1.807, 2.05) is 0 Å². The molecule has 1 aliphatic carbocycles. The summed E-state index contributed by atoms with van der Waals surface area (Å²) in [5.41, 5.74) is 0. The highest BCUT2D eigenvalue weighted by atomic mass is 16.1. The second-order valence-corrected chi connectivity index (χ2v) is 4.19. The molecule has 1 saturated carbocycles. The standard InChI is InChI=1S/C11H20O/c1-3-5-11(12)10-7-4-6-9(2)8-10/h9-10H,3-8H2,1-2H3/t9-,10-/m0/s1. The number of Topliss-reactive ketones (excluding diaryl/α,β-unsaturated/α-hetero) is 1. The zero-order valence-electron chi connectivity index (χ0n) is 8.31. The van der Waals surface area contributed by atoms with Gasteiger partial charge in [-0.25, -0.2) is 0 Å². The Morgan fingerprint density at radius 2 is 2.17 bits per heavy atom. The average Bonchev–Trinajstić information content (AvgIpc) is 2.05. The molecule has 0 N–H and O–H groups in total. The van der Waals surface area contributed by atoms with Gasteiger partial charge < -0.3 is 0 Å². The molecular weight excluding hydrogens is 148 g/mol. The third kappa shape index (κ3) is 2.62. The van der Waals surface area contributed by atoms with Crippen LogP contribution < -0.4 is 0 Å². The molecule has 1 aliphatic rings. The van der Waals surface area contributed by atoms with Crippen LogP contribution in [0.4, 0.5) is 0 Å². The van der Waals surface area contributed by atoms with Gasteiger partial charge in [-0.2, -0.15) is 0 Å². The van der Waals surface area contributed by atoms with Gasteiger partial charge in [0, 0.05) is 12.3 Å². The molecule has 2 atom stereocenters. The number of carbonyl (C=O) groups is 1. The van der Waals surface area contributed by atoms with Crippen molar-refractivity contribution in [3.05, 3.63) is 0 Å². The number of ketones is 1. The first-order valence-corrected chi connectivity index (χ1v) is 5.26. The highest BCUT2D eigenvalue weighted by Crippen LogP contribution is 2.29. The number of hydrogen-bond acceptors (Lipinski definition) is 1. The first-order valence-electron chi connectivity index (χ1n) is 5.26. The molecule has 0 bridgehead atoms. The summed E-state index contributed by atoms with van der Waals surface area (Å²) in [5, 5.41) is 0. The van der Waals surface area contributed by atoms with Crippen LogP contribution in [0.15, 0.2) is 0 Å². The summed E-state index contributed by atoms with van der Waals surface area (Å²) in [6.45, 7) is 4.36. The summed E-state index contributed by atoms with van der Waals surface area (Å²) < 4.78 is 0. The van der Waals surface area contributed by atoms with Crippen molar-refractivity contribution in [1.29, 1.82) is 0 Å². The lowest BCUT2D eigenvalue weighted by Gasteiger charge is -2.25. The van der Waals surface area contributed by atoms with Gasteiger partial charge in [-0.1, -0.05) is 26.7 Å². The number of hydrogen-bond donors (Lipinski definition) is 0. The highest BCUT2D eigenvalue weighted by Gasteiger charge is 2.23. The minimum atomic E-state index is 0.411. The van der Waals surface area contributed by atoms with Gasteiger partial charge in [0.2, 0.25) is 0 Å². The molecule has 12 heavy (non-hydrogen) atoms. The molecule has 1 fully saturated rings. The maximum atomic E-state index is 11.5. The molecule has 1 rings (SSSR count). The molecule has 70 valence electrons. The van der Waals surface area contributed by atoms with Gasteiger partial charge >= 0.3 is 0 Å². The van der Waals surface area contributed by atoms with Gasteiger partial charge in [0.05, 0.1) is 0 Å². The summed E-state index contributed by atoms with van der Waals surface area (Å²) >= 11 is 0. The molecule has 0 saturated heterocycles. The Kier molecular flexibility index (Phi) is 3.77. The topological polar surface area (TPSA) is 17.1 Å². The Morgan fingerprint density at radius 1 is 1.42 bits per heavy atom. The van der Waals surface area contributed by atoms with Crippen LogP contribution in [-0.4, -0.2) is 5.78 Å². The fraction of sp³-hybridized carbons (Fsp3) is 0.909. The van der Waals surface area contributed by atoms with E-state index < -0.39 is 0 Å². The Bertz CT molecular complexity index is 151. The summed E-state index contributed by atoms with van der Waals surface area (Å²) in [5.74, 6) is 1.71. The predicted molar refractivity (Wildman–Crippen MR) is 51.0 cm³/mol. The number of carbonyl (C=O) groups excluding carboxylic acids is 1. The first kappa shape index (κ1) is 9.76. The largest absolute Gasteiger partial charge is 0.299 e. The predicted octanol–water partition coefficient (Wildman–Crippen LogP) is 3.18. The van der Waals surface area contributed by atoms with Crippen LogP contribution in [0.3, 0.4) is 0 Å². The van der Waals surface area contributed by atoms with E-state index in [1.54, 1.807) is 0 Å². The molecule has 0 spiro atoms. The van der Waals surface area contributed by atoms with Crippen molar-refractivity contribution in [2.75, 3.05) is 0 Å². The van der Waals surface area contributed by atoms with E-state index in [1.165, 1.54) is 12.8 Å². The van der Waals surface area contributed by atoms with Crippen molar-refractivity contribution in [2.45, 2.75) is 52.4 Å². The minimum absolute atomic E-state index is 0.411. The summed E-state index contributed by atoms with van der Waals surface area (Å²) in [6, 6.07) is 0. The van der Waals surface area contributed by atoms with E-state index in [9.17, 15) is 4.79 Å². The highest BCUT2D eigenvalue weighted by molar-refractivity contribution is 5.80. The second kappa shape index (κ2) is 4.64. The Labute approximate surface area is 75.5 Å². The quantitative estimate of drug-likeness (QED) is 0.632. The molecule has 0 heterocycles. The van der Waals surface area contributed by atoms with Crippen LogP contribution in [0.5, 0.6) is 0 Å². The monoisotopic (exact) mass is 168 g/mol. The van der Waals surface area contributed by atoms with Gasteiger partial charge in [-0.05, 0) is 25.2 Å². The van der Waals surface area contributed by atoms with Gasteiger partial charge in [0.15, 0.2) is 0 Å². The summed E-state index contributed by atoms with van der Waals surface area (Å²) in [7, 11) is 0. The molecule has 1 heteroatoms. The Hall–Kier alpha value is -0.330. The summed E-state index contributed by atoms with van der Waals surface area (Å²) in [4.78, 5) is 11.5. The zero-order valence-corrected chi connectivity index (χ0v) is 8.31. The lowest BCUT2D eigenvalue weighted by Crippen LogP contribution is -2.21. The van der Waals surface area contributed by atoms with E-state index in [4.69, 9.17) is 0 Å². The second-order valence-electron chi connectivity index (χ2n) is 4.19. The van der Waals surface area contributed by atoms with Crippen molar-refractivity contribution >= 4 is 5.78 Å². The van der Waals surface area contributed by atoms with Crippen molar-refractivity contribution in [3.63, 3.8) is 0 Å². The maximum Gasteiger partial charge on any atom is 0.135 e. The Morgan fingerprint density at radius 3 is 2.75 bits per heavy atom. The van der Waals surface area contributed by atoms with E-state index >= 15 is 0 Å². The number of rotatable bonds is 3. The fourth-order valence-electron chi connectivity index (χ4n) is 2.18. The lowest BCUT2D eigenvalue weighted by molar-refractivity contribution is -0.124. The van der Waals surface area contributed by atoms with Crippen molar-refractivity contribution in [3.8, 4) is 0 Å². The zero-order chi connectivity index (χ0) is 8.97. The van der Waals surface area contributed by atoms with Gasteiger partial charge in [0.1, 0.15) is 5.78 Å². The maximum absolute atomic E-state index is 11.5. The third-order valence-corrected chi connectivity index (χ3v) is 2.89. The van der Waals surface area contributed by atoms with Crippen molar-refractivity contribution < 1.29 is 4.79 Å². The molecule has 0 amide bonds. The fourth-order valence-corrected chi connectivity index (χ4v) is 2.18. The molecule has 0 aromatic rings. The van der Waals surface area contributed by atoms with Gasteiger partial charge in [0.25, 0.3) is 0 Å². The van der Waals surface area contributed by atoms with E-state index in [-0.39, 0.29) is 0 Å². The lowest BCUT2D eigenvalue weighted by atomic mass is 9.79. The normalized spacial score (nSPS) is 30.2. The van der Waals surface area contributed by atoms with Crippen LogP contribution in [-0.2, 0) is 4.79 Å². The molecular formula is C11H20O. The summed E-state index contributed by atoms with van der Waals surface area (Å²) in [6.07, 6.45) is 6.72. The van der Waals surface area contributed by atoms with Gasteiger partial charge in [-0.15, -0.1) is 0 Å².